The van der Waals surface area contributed by atoms with E-state index < -0.39 is 0 Å². The van der Waals surface area contributed by atoms with Gasteiger partial charge in [-0.2, -0.15) is 0 Å². The van der Waals surface area contributed by atoms with Gasteiger partial charge in [0.05, 0.1) is 6.04 Å². The van der Waals surface area contributed by atoms with Gasteiger partial charge in [-0.1, -0.05) is 30.7 Å². The van der Waals surface area contributed by atoms with Crippen LogP contribution >= 0.6 is 11.6 Å². The quantitative estimate of drug-likeness (QED) is 0.874. The molecule has 1 atom stereocenters. The van der Waals surface area contributed by atoms with Crippen molar-refractivity contribution in [3.05, 3.63) is 70.0 Å². The van der Waals surface area contributed by atoms with E-state index in [1.54, 1.807) is 25.1 Å². The number of hydrogen-bond acceptors (Lipinski definition) is 1. The van der Waals surface area contributed by atoms with Gasteiger partial charge >= 0.3 is 0 Å². The Morgan fingerprint density at radius 2 is 1.90 bits per heavy atom. The number of carbonyl (C=O) groups is 1. The number of carbonyl (C=O) groups excluding carboxylic acids is 1. The molecule has 1 N–H and O–H groups in total. The van der Waals surface area contributed by atoms with Gasteiger partial charge in [-0.05, 0) is 54.8 Å². The summed E-state index contributed by atoms with van der Waals surface area (Å²) < 4.78 is 13.2. The van der Waals surface area contributed by atoms with E-state index in [-0.39, 0.29) is 17.8 Å². The van der Waals surface area contributed by atoms with Gasteiger partial charge in [-0.25, -0.2) is 4.39 Å². The topological polar surface area (TPSA) is 29.1 Å². The molecule has 0 aliphatic carbocycles. The number of rotatable bonds is 4. The predicted molar refractivity (Wildman–Crippen MR) is 83.1 cm³/mol. The SMILES string of the molecule is CCC(NC(=O)c1ccc(F)c(C)c1)c1ccc(Cl)cc1. The summed E-state index contributed by atoms with van der Waals surface area (Å²) in [6, 6.07) is 11.7. The van der Waals surface area contributed by atoms with Crippen LogP contribution in [0, 0.1) is 12.7 Å². The molecule has 0 fully saturated rings. The predicted octanol–water partition coefficient (Wildman–Crippen LogP) is 4.67. The lowest BCUT2D eigenvalue weighted by Crippen LogP contribution is -2.28. The zero-order chi connectivity index (χ0) is 15.4. The maximum absolute atomic E-state index is 13.2. The molecule has 0 spiro atoms. The van der Waals surface area contributed by atoms with E-state index in [1.807, 2.05) is 19.1 Å². The Morgan fingerprint density at radius 1 is 1.24 bits per heavy atom. The van der Waals surface area contributed by atoms with Crippen molar-refractivity contribution in [1.82, 2.24) is 5.32 Å². The van der Waals surface area contributed by atoms with E-state index in [0.29, 0.717) is 16.1 Å². The molecule has 0 heterocycles. The number of aryl methyl sites for hydroxylation is 1. The van der Waals surface area contributed by atoms with Crippen molar-refractivity contribution in [3.63, 3.8) is 0 Å². The minimum Gasteiger partial charge on any atom is -0.345 e. The Bertz CT molecular complexity index is 640. The van der Waals surface area contributed by atoms with Crippen molar-refractivity contribution in [2.45, 2.75) is 26.3 Å². The molecule has 0 aliphatic heterocycles. The Labute approximate surface area is 128 Å². The highest BCUT2D eigenvalue weighted by Gasteiger charge is 2.14. The molecular weight excluding hydrogens is 289 g/mol. The number of nitrogens with one attached hydrogen (secondary N) is 1. The van der Waals surface area contributed by atoms with Crippen LogP contribution in [0.25, 0.3) is 0 Å². The second-order valence-electron chi connectivity index (χ2n) is 4.95. The van der Waals surface area contributed by atoms with Crippen molar-refractivity contribution in [2.24, 2.45) is 0 Å². The first-order valence-electron chi connectivity index (χ1n) is 6.83. The lowest BCUT2D eigenvalue weighted by atomic mass is 10.0. The molecule has 0 saturated heterocycles. The third-order valence-corrected chi connectivity index (χ3v) is 3.66. The zero-order valence-electron chi connectivity index (χ0n) is 12.0. The summed E-state index contributed by atoms with van der Waals surface area (Å²) in [5.41, 5.74) is 1.91. The lowest BCUT2D eigenvalue weighted by Gasteiger charge is -2.18. The molecule has 2 aromatic carbocycles. The van der Waals surface area contributed by atoms with Crippen molar-refractivity contribution in [3.8, 4) is 0 Å². The monoisotopic (exact) mass is 305 g/mol. The molecule has 0 radical (unpaired) electrons. The highest BCUT2D eigenvalue weighted by Crippen LogP contribution is 2.20. The fourth-order valence-electron chi connectivity index (χ4n) is 2.14. The van der Waals surface area contributed by atoms with Gasteiger partial charge in [0.1, 0.15) is 5.82 Å². The van der Waals surface area contributed by atoms with E-state index >= 15 is 0 Å². The van der Waals surface area contributed by atoms with Crippen LogP contribution in [0.2, 0.25) is 5.02 Å². The van der Waals surface area contributed by atoms with Crippen molar-refractivity contribution >= 4 is 17.5 Å². The van der Waals surface area contributed by atoms with Crippen molar-refractivity contribution in [2.75, 3.05) is 0 Å². The summed E-state index contributed by atoms with van der Waals surface area (Å²) in [4.78, 5) is 12.3. The molecular formula is C17H17ClFNO. The first kappa shape index (κ1) is 15.5. The van der Waals surface area contributed by atoms with Gasteiger partial charge in [0.25, 0.3) is 5.91 Å². The van der Waals surface area contributed by atoms with Crippen LogP contribution in [0.3, 0.4) is 0 Å². The Morgan fingerprint density at radius 3 is 2.48 bits per heavy atom. The van der Waals surface area contributed by atoms with Gasteiger partial charge in [0, 0.05) is 10.6 Å². The molecule has 1 amide bonds. The summed E-state index contributed by atoms with van der Waals surface area (Å²) in [6.07, 6.45) is 0.757. The van der Waals surface area contributed by atoms with E-state index in [1.165, 1.54) is 12.1 Å². The van der Waals surface area contributed by atoms with Crippen molar-refractivity contribution < 1.29 is 9.18 Å². The van der Waals surface area contributed by atoms with Crippen LogP contribution in [0.4, 0.5) is 4.39 Å². The van der Waals surface area contributed by atoms with E-state index in [0.717, 1.165) is 12.0 Å². The number of benzene rings is 2. The fourth-order valence-corrected chi connectivity index (χ4v) is 2.27. The van der Waals surface area contributed by atoms with Crippen LogP contribution in [0.5, 0.6) is 0 Å². The van der Waals surface area contributed by atoms with Gasteiger partial charge < -0.3 is 5.32 Å². The normalized spacial score (nSPS) is 12.0. The van der Waals surface area contributed by atoms with Crippen LogP contribution in [-0.4, -0.2) is 5.91 Å². The standard InChI is InChI=1S/C17H17ClFNO/c1-3-16(12-4-7-14(18)8-5-12)20-17(21)13-6-9-15(19)11(2)10-13/h4-10,16H,3H2,1-2H3,(H,20,21). The first-order valence-corrected chi connectivity index (χ1v) is 7.21. The van der Waals surface area contributed by atoms with Gasteiger partial charge in [0.2, 0.25) is 0 Å². The molecule has 4 heteroatoms. The minimum absolute atomic E-state index is 0.0971. The maximum atomic E-state index is 13.2. The molecule has 2 rings (SSSR count). The highest BCUT2D eigenvalue weighted by molar-refractivity contribution is 6.30. The maximum Gasteiger partial charge on any atom is 0.251 e. The van der Waals surface area contributed by atoms with Crippen molar-refractivity contribution in [1.29, 1.82) is 0 Å². The molecule has 1 unspecified atom stereocenters. The summed E-state index contributed by atoms with van der Waals surface area (Å²) in [5.74, 6) is -0.517. The Hall–Kier alpha value is -1.87. The largest absolute Gasteiger partial charge is 0.345 e. The Balaban J connectivity index is 2.15. The summed E-state index contributed by atoms with van der Waals surface area (Å²) in [6.45, 7) is 3.64. The fraction of sp³-hybridized carbons (Fsp3) is 0.235. The molecule has 2 nitrogen and oxygen atoms in total. The van der Waals surface area contributed by atoms with Gasteiger partial charge in [-0.3, -0.25) is 4.79 Å². The summed E-state index contributed by atoms with van der Waals surface area (Å²) in [7, 11) is 0. The highest BCUT2D eigenvalue weighted by atomic mass is 35.5. The molecule has 0 aromatic heterocycles. The van der Waals surface area contributed by atoms with Crippen LogP contribution in [0.15, 0.2) is 42.5 Å². The molecule has 0 bridgehead atoms. The second-order valence-corrected chi connectivity index (χ2v) is 5.39. The molecule has 2 aromatic rings. The molecule has 21 heavy (non-hydrogen) atoms. The lowest BCUT2D eigenvalue weighted by molar-refractivity contribution is 0.0935. The smallest absolute Gasteiger partial charge is 0.251 e. The first-order chi connectivity index (χ1) is 10.0. The van der Waals surface area contributed by atoms with Gasteiger partial charge in [-0.15, -0.1) is 0 Å². The molecule has 110 valence electrons. The zero-order valence-corrected chi connectivity index (χ0v) is 12.7. The van der Waals surface area contributed by atoms with E-state index in [4.69, 9.17) is 11.6 Å². The number of hydrogen-bond donors (Lipinski definition) is 1. The van der Waals surface area contributed by atoms with E-state index in [9.17, 15) is 9.18 Å². The molecule has 0 saturated carbocycles. The average molecular weight is 306 g/mol. The number of amides is 1. The average Bonchev–Trinajstić information content (AvgIpc) is 2.48. The van der Waals surface area contributed by atoms with E-state index in [2.05, 4.69) is 5.32 Å². The number of halogens is 2. The van der Waals surface area contributed by atoms with Crippen LogP contribution < -0.4 is 5.32 Å². The summed E-state index contributed by atoms with van der Waals surface area (Å²) in [5, 5.41) is 3.62. The molecule has 0 aliphatic rings. The van der Waals surface area contributed by atoms with Gasteiger partial charge in [0.15, 0.2) is 0 Å². The second kappa shape index (κ2) is 6.72. The Kier molecular flexibility index (Phi) is 4.97. The van der Waals surface area contributed by atoms with Crippen LogP contribution in [0.1, 0.15) is 40.9 Å². The minimum atomic E-state index is -0.309. The third kappa shape index (κ3) is 3.82. The third-order valence-electron chi connectivity index (χ3n) is 3.41. The van der Waals surface area contributed by atoms with Crippen LogP contribution in [-0.2, 0) is 0 Å². The summed E-state index contributed by atoms with van der Waals surface area (Å²) >= 11 is 5.87.